The number of hydrogen-bond donors (Lipinski definition) is 2. The van der Waals surface area contributed by atoms with Gasteiger partial charge in [0.05, 0.1) is 11.1 Å². The van der Waals surface area contributed by atoms with Gasteiger partial charge in [-0.05, 0) is 42.7 Å². The Labute approximate surface area is 146 Å². The van der Waals surface area contributed by atoms with Crippen LogP contribution in [-0.2, 0) is 0 Å². The lowest BCUT2D eigenvalue weighted by molar-refractivity contribution is 0.0951. The van der Waals surface area contributed by atoms with Crippen LogP contribution in [0.25, 0.3) is 0 Å². The van der Waals surface area contributed by atoms with E-state index < -0.39 is 0 Å². The fourth-order valence-corrected chi connectivity index (χ4v) is 2.13. The van der Waals surface area contributed by atoms with Crippen LogP contribution in [0.15, 0.2) is 42.7 Å². The number of amides is 2. The molecule has 2 N–H and O–H groups in total. The van der Waals surface area contributed by atoms with E-state index in [1.807, 2.05) is 0 Å². The summed E-state index contributed by atoms with van der Waals surface area (Å²) in [4.78, 5) is 28.3. The van der Waals surface area contributed by atoms with Gasteiger partial charge in [0.25, 0.3) is 11.8 Å². The minimum Gasteiger partial charge on any atom is -0.352 e. The summed E-state index contributed by atoms with van der Waals surface area (Å²) in [6, 6.07) is 8.32. The highest BCUT2D eigenvalue weighted by atomic mass is 35.5. The predicted molar refractivity (Wildman–Crippen MR) is 95.4 cm³/mol. The van der Waals surface area contributed by atoms with Crippen LogP contribution in [-0.4, -0.2) is 23.3 Å². The predicted octanol–water partition coefficient (Wildman–Crippen LogP) is 3.76. The van der Waals surface area contributed by atoms with E-state index in [9.17, 15) is 9.59 Å². The molecule has 0 aliphatic rings. The highest BCUT2D eigenvalue weighted by Crippen LogP contribution is 2.14. The summed E-state index contributed by atoms with van der Waals surface area (Å²) in [6.45, 7) is 4.78. The summed E-state index contributed by atoms with van der Waals surface area (Å²) in [5.74, 6) is -0.0501. The maximum Gasteiger partial charge on any atom is 0.257 e. The number of anilines is 1. The van der Waals surface area contributed by atoms with E-state index in [2.05, 4.69) is 29.5 Å². The Balaban J connectivity index is 2.02. The molecule has 0 atom stereocenters. The Morgan fingerprint density at radius 2 is 1.71 bits per heavy atom. The maximum atomic E-state index is 12.3. The summed E-state index contributed by atoms with van der Waals surface area (Å²) in [5, 5.41) is 6.16. The van der Waals surface area contributed by atoms with Gasteiger partial charge in [0.15, 0.2) is 0 Å². The molecule has 0 unspecified atom stereocenters. The molecule has 2 rings (SSSR count). The second kappa shape index (κ2) is 8.45. The Morgan fingerprint density at radius 3 is 2.33 bits per heavy atom. The summed E-state index contributed by atoms with van der Waals surface area (Å²) in [6.07, 6.45) is 3.77. The van der Waals surface area contributed by atoms with E-state index >= 15 is 0 Å². The highest BCUT2D eigenvalue weighted by molar-refractivity contribution is 6.30. The summed E-state index contributed by atoms with van der Waals surface area (Å²) in [7, 11) is 0. The number of halogens is 1. The van der Waals surface area contributed by atoms with E-state index in [-0.39, 0.29) is 11.8 Å². The molecule has 2 aromatic rings. The molecule has 0 spiro atoms. The first-order valence-electron chi connectivity index (χ1n) is 7.76. The van der Waals surface area contributed by atoms with E-state index in [1.54, 1.807) is 24.3 Å². The van der Waals surface area contributed by atoms with E-state index in [0.717, 1.165) is 6.42 Å². The van der Waals surface area contributed by atoms with Crippen LogP contribution in [0.3, 0.4) is 0 Å². The van der Waals surface area contributed by atoms with Crippen molar-refractivity contribution in [3.05, 3.63) is 58.9 Å². The molecule has 1 aromatic carbocycles. The summed E-state index contributed by atoms with van der Waals surface area (Å²) < 4.78 is 0. The zero-order valence-electron chi connectivity index (χ0n) is 13.7. The molecule has 0 fully saturated rings. The van der Waals surface area contributed by atoms with Crippen molar-refractivity contribution in [2.45, 2.75) is 20.3 Å². The Hall–Kier alpha value is -2.40. The number of nitrogens with zero attached hydrogens (tertiary/aromatic N) is 1. The quantitative estimate of drug-likeness (QED) is 0.837. The van der Waals surface area contributed by atoms with Crippen LogP contribution in [0.2, 0.25) is 5.02 Å². The van der Waals surface area contributed by atoms with E-state index in [0.29, 0.717) is 34.3 Å². The molecule has 0 radical (unpaired) electrons. The summed E-state index contributed by atoms with van der Waals surface area (Å²) >= 11 is 5.81. The van der Waals surface area contributed by atoms with Crippen molar-refractivity contribution in [1.29, 1.82) is 0 Å². The molecule has 126 valence electrons. The molecule has 1 aromatic heterocycles. The lowest BCUT2D eigenvalue weighted by atomic mass is 10.1. The number of carbonyl (C=O) groups excluding carboxylic acids is 2. The standard InChI is InChI=1S/C18H20ClN3O2/c1-12(2)7-8-21-17(23)13-9-14(11-20-10-13)18(24)22-16-5-3-15(19)4-6-16/h3-6,9-12H,7-8H2,1-2H3,(H,21,23)(H,22,24). The van der Waals surface area contributed by atoms with Gasteiger partial charge in [-0.3, -0.25) is 14.6 Å². The number of benzene rings is 1. The molecule has 0 aliphatic heterocycles. The number of carbonyl (C=O) groups is 2. The first kappa shape index (κ1) is 17.9. The van der Waals surface area contributed by atoms with Crippen molar-refractivity contribution in [1.82, 2.24) is 10.3 Å². The van der Waals surface area contributed by atoms with E-state index in [1.165, 1.54) is 18.5 Å². The van der Waals surface area contributed by atoms with Gasteiger partial charge in [-0.1, -0.05) is 25.4 Å². The average molecular weight is 346 g/mol. The van der Waals surface area contributed by atoms with Crippen molar-refractivity contribution >= 4 is 29.1 Å². The lowest BCUT2D eigenvalue weighted by Gasteiger charge is -2.08. The van der Waals surface area contributed by atoms with Gasteiger partial charge in [0.2, 0.25) is 0 Å². The van der Waals surface area contributed by atoms with Gasteiger partial charge >= 0.3 is 0 Å². The van der Waals surface area contributed by atoms with Crippen LogP contribution in [0.5, 0.6) is 0 Å². The van der Waals surface area contributed by atoms with Gasteiger partial charge in [-0.25, -0.2) is 0 Å². The molecular formula is C18H20ClN3O2. The largest absolute Gasteiger partial charge is 0.352 e. The Kier molecular flexibility index (Phi) is 6.32. The molecule has 0 aliphatic carbocycles. The average Bonchev–Trinajstić information content (AvgIpc) is 2.56. The SMILES string of the molecule is CC(C)CCNC(=O)c1cncc(C(=O)Nc2ccc(Cl)cc2)c1. The summed E-state index contributed by atoms with van der Waals surface area (Å²) in [5.41, 5.74) is 1.31. The van der Waals surface area contributed by atoms with Crippen LogP contribution in [0.1, 0.15) is 41.0 Å². The number of hydrogen-bond acceptors (Lipinski definition) is 3. The smallest absolute Gasteiger partial charge is 0.257 e. The third-order valence-electron chi connectivity index (χ3n) is 3.37. The van der Waals surface area contributed by atoms with Crippen molar-refractivity contribution in [2.75, 3.05) is 11.9 Å². The van der Waals surface area contributed by atoms with Gasteiger partial charge in [-0.15, -0.1) is 0 Å². The topological polar surface area (TPSA) is 71.1 Å². The Bertz CT molecular complexity index is 714. The van der Waals surface area contributed by atoms with Crippen molar-refractivity contribution in [2.24, 2.45) is 5.92 Å². The van der Waals surface area contributed by atoms with Crippen molar-refractivity contribution in [3.8, 4) is 0 Å². The number of aromatic nitrogens is 1. The van der Waals surface area contributed by atoms with Crippen molar-refractivity contribution < 1.29 is 9.59 Å². The maximum absolute atomic E-state index is 12.3. The van der Waals surface area contributed by atoms with Gasteiger partial charge in [-0.2, -0.15) is 0 Å². The molecule has 5 nitrogen and oxygen atoms in total. The third kappa shape index (κ3) is 5.35. The molecule has 0 saturated carbocycles. The second-order valence-corrected chi connectivity index (χ2v) is 6.30. The van der Waals surface area contributed by atoms with Crippen LogP contribution >= 0.6 is 11.6 Å². The Morgan fingerprint density at radius 1 is 1.08 bits per heavy atom. The molecule has 24 heavy (non-hydrogen) atoms. The van der Waals surface area contributed by atoms with Gasteiger partial charge in [0, 0.05) is 29.6 Å². The first-order chi connectivity index (χ1) is 11.5. The monoisotopic (exact) mass is 345 g/mol. The number of nitrogens with one attached hydrogen (secondary N) is 2. The molecule has 0 bridgehead atoms. The highest BCUT2D eigenvalue weighted by Gasteiger charge is 2.11. The van der Waals surface area contributed by atoms with Crippen LogP contribution in [0.4, 0.5) is 5.69 Å². The number of pyridine rings is 1. The molecule has 1 heterocycles. The first-order valence-corrected chi connectivity index (χ1v) is 8.13. The fourth-order valence-electron chi connectivity index (χ4n) is 2.00. The molecule has 0 saturated heterocycles. The lowest BCUT2D eigenvalue weighted by Crippen LogP contribution is -2.26. The van der Waals surface area contributed by atoms with Crippen molar-refractivity contribution in [3.63, 3.8) is 0 Å². The number of rotatable bonds is 6. The fraction of sp³-hybridized carbons (Fsp3) is 0.278. The van der Waals surface area contributed by atoms with Gasteiger partial charge in [0.1, 0.15) is 0 Å². The molecule has 6 heteroatoms. The van der Waals surface area contributed by atoms with Crippen LogP contribution in [0, 0.1) is 5.92 Å². The van der Waals surface area contributed by atoms with Crippen LogP contribution < -0.4 is 10.6 Å². The molecular weight excluding hydrogens is 326 g/mol. The third-order valence-corrected chi connectivity index (χ3v) is 3.62. The van der Waals surface area contributed by atoms with E-state index in [4.69, 9.17) is 11.6 Å². The molecule has 2 amide bonds. The minimum atomic E-state index is -0.332. The normalized spacial score (nSPS) is 10.5. The zero-order chi connectivity index (χ0) is 17.5. The second-order valence-electron chi connectivity index (χ2n) is 5.86. The van der Waals surface area contributed by atoms with Gasteiger partial charge < -0.3 is 10.6 Å². The zero-order valence-corrected chi connectivity index (χ0v) is 14.4. The minimum absolute atomic E-state index is 0.232.